The van der Waals surface area contributed by atoms with Gasteiger partial charge in [-0.05, 0) is 25.2 Å². The summed E-state index contributed by atoms with van der Waals surface area (Å²) in [5.41, 5.74) is 0.436. The van der Waals surface area contributed by atoms with Gasteiger partial charge in [-0.2, -0.15) is 0 Å². The van der Waals surface area contributed by atoms with Crippen LogP contribution in [-0.2, 0) is 0 Å². The van der Waals surface area contributed by atoms with Crippen LogP contribution >= 0.6 is 0 Å². The van der Waals surface area contributed by atoms with Crippen LogP contribution in [0, 0.1) is 24.2 Å². The summed E-state index contributed by atoms with van der Waals surface area (Å²) >= 11 is 0. The fourth-order valence-corrected chi connectivity index (χ4v) is 1.13. The average molecular weight is 151 g/mol. The Hall–Kier alpha value is -0.440. The highest BCUT2D eigenvalue weighted by atomic mass is 14.2. The molecule has 0 aliphatic carbocycles. The van der Waals surface area contributed by atoms with E-state index in [0.717, 1.165) is 12.8 Å². The molecule has 0 unspecified atom stereocenters. The molecule has 0 saturated heterocycles. The minimum atomic E-state index is 0.436. The predicted molar refractivity (Wildman–Crippen MR) is 51.1 cm³/mol. The van der Waals surface area contributed by atoms with Crippen LogP contribution in [0.4, 0.5) is 0 Å². The number of rotatable bonds is 4. The van der Waals surface area contributed by atoms with Crippen molar-refractivity contribution in [1.29, 1.82) is 0 Å². The van der Waals surface area contributed by atoms with E-state index in [2.05, 4.69) is 32.6 Å². The van der Waals surface area contributed by atoms with Crippen LogP contribution in [0.3, 0.4) is 0 Å². The van der Waals surface area contributed by atoms with Gasteiger partial charge in [0.05, 0.1) is 0 Å². The van der Waals surface area contributed by atoms with Crippen LogP contribution in [0.1, 0.15) is 46.5 Å². The van der Waals surface area contributed by atoms with Gasteiger partial charge < -0.3 is 0 Å². The maximum atomic E-state index is 3.86. The molecule has 0 heteroatoms. The molecule has 0 spiro atoms. The molecule has 0 rings (SSSR count). The highest BCUT2D eigenvalue weighted by Gasteiger charge is 2.14. The minimum absolute atomic E-state index is 0.436. The zero-order chi connectivity index (χ0) is 8.74. The van der Waals surface area contributed by atoms with Gasteiger partial charge in [-0.15, -0.1) is 11.8 Å². The summed E-state index contributed by atoms with van der Waals surface area (Å²) in [6.07, 6.45) is 4.47. The molecule has 0 heterocycles. The van der Waals surface area contributed by atoms with Crippen molar-refractivity contribution in [3.63, 3.8) is 0 Å². The van der Waals surface area contributed by atoms with E-state index in [0.29, 0.717) is 5.41 Å². The van der Waals surface area contributed by atoms with E-state index in [9.17, 15) is 0 Å². The monoisotopic (exact) mass is 151 g/mol. The molecule has 0 aliphatic rings. The maximum Gasteiger partial charge on any atom is 0.00936 e. The largest absolute Gasteiger partial charge is 0.107 e. The molecule has 0 fully saturated rings. The van der Waals surface area contributed by atoms with Gasteiger partial charge in [-0.3, -0.25) is 0 Å². The van der Waals surface area contributed by atoms with Gasteiger partial charge in [0.25, 0.3) is 0 Å². The second-order valence-electron chi connectivity index (χ2n) is 3.69. The molecule has 0 amide bonds. The second-order valence-corrected chi connectivity index (χ2v) is 3.69. The highest BCUT2D eigenvalue weighted by Crippen LogP contribution is 2.27. The Labute approximate surface area is 71.4 Å². The van der Waals surface area contributed by atoms with Gasteiger partial charge in [0, 0.05) is 6.42 Å². The molecule has 0 aromatic carbocycles. The fourth-order valence-electron chi connectivity index (χ4n) is 1.13. The van der Waals surface area contributed by atoms with Crippen molar-refractivity contribution < 1.29 is 0 Å². The van der Waals surface area contributed by atoms with E-state index >= 15 is 0 Å². The molecule has 0 bridgehead atoms. The SMILES string of the molecule is [CH2]CCC(C)(C)CCC#CC. The molecule has 1 radical (unpaired) electrons. The van der Waals surface area contributed by atoms with Gasteiger partial charge in [0.2, 0.25) is 0 Å². The summed E-state index contributed by atoms with van der Waals surface area (Å²) in [6, 6.07) is 0. The summed E-state index contributed by atoms with van der Waals surface area (Å²) in [5, 5.41) is 0. The van der Waals surface area contributed by atoms with E-state index < -0.39 is 0 Å². The average Bonchev–Trinajstić information content (AvgIpc) is 1.87. The van der Waals surface area contributed by atoms with Crippen molar-refractivity contribution in [2.75, 3.05) is 0 Å². The number of hydrogen-bond acceptors (Lipinski definition) is 0. The van der Waals surface area contributed by atoms with Crippen molar-refractivity contribution in [1.82, 2.24) is 0 Å². The first-order valence-corrected chi connectivity index (χ1v) is 4.31. The Balaban J connectivity index is 3.59. The molecule has 0 saturated carbocycles. The smallest absolute Gasteiger partial charge is 0.00936 e. The first kappa shape index (κ1) is 10.6. The van der Waals surface area contributed by atoms with E-state index in [4.69, 9.17) is 0 Å². The molecule has 0 atom stereocenters. The topological polar surface area (TPSA) is 0 Å². The second kappa shape index (κ2) is 5.24. The lowest BCUT2D eigenvalue weighted by molar-refractivity contribution is 0.314. The van der Waals surface area contributed by atoms with E-state index in [1.165, 1.54) is 12.8 Å². The Morgan fingerprint density at radius 2 is 1.91 bits per heavy atom. The summed E-state index contributed by atoms with van der Waals surface area (Å²) in [7, 11) is 0. The Morgan fingerprint density at radius 3 is 2.36 bits per heavy atom. The molecule has 11 heavy (non-hydrogen) atoms. The quantitative estimate of drug-likeness (QED) is 0.540. The van der Waals surface area contributed by atoms with Crippen LogP contribution in [-0.4, -0.2) is 0 Å². The van der Waals surface area contributed by atoms with Crippen LogP contribution in [0.2, 0.25) is 0 Å². The van der Waals surface area contributed by atoms with E-state index in [-0.39, 0.29) is 0 Å². The standard InChI is InChI=1S/C11H19/c1-5-7-8-10-11(3,4)9-6-2/h2,6,8-10H2,1,3-4H3. The van der Waals surface area contributed by atoms with Crippen molar-refractivity contribution in [2.24, 2.45) is 5.41 Å². The third-order valence-electron chi connectivity index (χ3n) is 1.96. The van der Waals surface area contributed by atoms with Crippen molar-refractivity contribution in [3.05, 3.63) is 6.92 Å². The van der Waals surface area contributed by atoms with Crippen molar-refractivity contribution >= 4 is 0 Å². The zero-order valence-electron chi connectivity index (χ0n) is 8.04. The lowest BCUT2D eigenvalue weighted by atomic mass is 9.83. The van der Waals surface area contributed by atoms with Crippen molar-refractivity contribution in [2.45, 2.75) is 46.5 Å². The Bertz CT molecular complexity index is 143. The molecular formula is C11H19. The third-order valence-corrected chi connectivity index (χ3v) is 1.96. The van der Waals surface area contributed by atoms with Gasteiger partial charge >= 0.3 is 0 Å². The molecule has 0 N–H and O–H groups in total. The third kappa shape index (κ3) is 5.98. The fraction of sp³-hybridized carbons (Fsp3) is 0.727. The van der Waals surface area contributed by atoms with E-state index in [1.807, 2.05) is 6.92 Å². The Kier molecular flexibility index (Phi) is 5.03. The minimum Gasteiger partial charge on any atom is -0.107 e. The summed E-state index contributed by atoms with van der Waals surface area (Å²) < 4.78 is 0. The summed E-state index contributed by atoms with van der Waals surface area (Å²) in [6.45, 7) is 10.3. The van der Waals surface area contributed by atoms with Crippen LogP contribution < -0.4 is 0 Å². The van der Waals surface area contributed by atoms with Gasteiger partial charge in [-0.25, -0.2) is 0 Å². The predicted octanol–water partition coefficient (Wildman–Crippen LogP) is 3.43. The van der Waals surface area contributed by atoms with E-state index in [1.54, 1.807) is 0 Å². The molecule has 0 nitrogen and oxygen atoms in total. The first-order valence-electron chi connectivity index (χ1n) is 4.31. The van der Waals surface area contributed by atoms with Crippen molar-refractivity contribution in [3.8, 4) is 11.8 Å². The van der Waals surface area contributed by atoms with Gasteiger partial charge in [0.15, 0.2) is 0 Å². The highest BCUT2D eigenvalue weighted by molar-refractivity contribution is 4.95. The van der Waals surface area contributed by atoms with Crippen LogP contribution in [0.25, 0.3) is 0 Å². The van der Waals surface area contributed by atoms with Crippen LogP contribution in [0.15, 0.2) is 0 Å². The normalized spacial score (nSPS) is 10.5. The molecular weight excluding hydrogens is 132 g/mol. The molecule has 0 aromatic heterocycles. The molecule has 63 valence electrons. The number of hydrogen-bond donors (Lipinski definition) is 0. The summed E-state index contributed by atoms with van der Waals surface area (Å²) in [4.78, 5) is 0. The molecule has 0 aliphatic heterocycles. The lowest BCUT2D eigenvalue weighted by Crippen LogP contribution is -2.09. The lowest BCUT2D eigenvalue weighted by Gasteiger charge is -2.22. The molecule has 0 aromatic rings. The maximum absolute atomic E-state index is 3.86. The van der Waals surface area contributed by atoms with Gasteiger partial charge in [-0.1, -0.05) is 27.2 Å². The zero-order valence-corrected chi connectivity index (χ0v) is 8.04. The summed E-state index contributed by atoms with van der Waals surface area (Å²) in [5.74, 6) is 6.01. The van der Waals surface area contributed by atoms with Gasteiger partial charge in [0.1, 0.15) is 0 Å². The first-order chi connectivity index (χ1) is 5.12. The Morgan fingerprint density at radius 1 is 1.27 bits per heavy atom. The van der Waals surface area contributed by atoms with Crippen LogP contribution in [0.5, 0.6) is 0 Å².